The normalized spacial score (nSPS) is 13.3. The summed E-state index contributed by atoms with van der Waals surface area (Å²) in [6.07, 6.45) is 15.5. The maximum absolute atomic E-state index is 12.1. The summed E-state index contributed by atoms with van der Waals surface area (Å²) in [7, 11) is 5.77. The number of carboxylic acid groups (broad SMARTS) is 1. The number of esters is 1. The second-order valence-electron chi connectivity index (χ2n) is 10.1. The Labute approximate surface area is 203 Å². The number of aliphatic hydroxyl groups excluding tert-OH is 1. The van der Waals surface area contributed by atoms with Gasteiger partial charge in [0.2, 0.25) is 0 Å². The molecule has 2 atom stereocenters. The Bertz CT molecular complexity index is 468. The van der Waals surface area contributed by atoms with E-state index >= 15 is 0 Å². The highest BCUT2D eigenvalue weighted by molar-refractivity contribution is 5.71. The summed E-state index contributed by atoms with van der Waals surface area (Å²) in [6.45, 7) is 2.68. The molecule has 1 unspecified atom stereocenters. The fraction of sp³-hybridized carbons (Fsp3) is 0.920. The van der Waals surface area contributed by atoms with Crippen LogP contribution in [0.1, 0.15) is 110 Å². The van der Waals surface area contributed by atoms with Gasteiger partial charge in [0, 0.05) is 0 Å². The van der Waals surface area contributed by atoms with Gasteiger partial charge in [0.05, 0.1) is 40.1 Å². The van der Waals surface area contributed by atoms with Gasteiger partial charge in [-0.15, -0.1) is 0 Å². The van der Waals surface area contributed by atoms with Crippen molar-refractivity contribution in [3.8, 4) is 0 Å². The summed E-state index contributed by atoms with van der Waals surface area (Å²) in [5, 5.41) is 19.1. The Kier molecular flexibility index (Phi) is 21.6. The van der Waals surface area contributed by atoms with E-state index in [-0.39, 0.29) is 25.2 Å². The van der Waals surface area contributed by atoms with E-state index in [1.807, 2.05) is 21.1 Å². The summed E-state index contributed by atoms with van der Waals surface area (Å²) in [6, 6.07) is 0. The van der Waals surface area contributed by atoms with Crippen LogP contribution < -0.4 is 12.4 Å². The number of carbonyl (C=O) groups is 2. The molecule has 0 aliphatic heterocycles. The molecule has 0 spiro atoms. The number of likely N-dealkylation sites (N-methyl/N-ethyl adjacent to an activating group) is 1. The highest BCUT2D eigenvalue weighted by Crippen LogP contribution is 2.15. The van der Waals surface area contributed by atoms with E-state index in [2.05, 4.69) is 6.92 Å². The lowest BCUT2D eigenvalue weighted by Gasteiger charge is -2.28. The van der Waals surface area contributed by atoms with Crippen molar-refractivity contribution in [2.45, 2.75) is 122 Å². The molecule has 0 aliphatic carbocycles. The Morgan fingerprint density at radius 2 is 1.22 bits per heavy atom. The summed E-state index contributed by atoms with van der Waals surface area (Å²) >= 11 is 0. The van der Waals surface area contributed by atoms with Crippen molar-refractivity contribution >= 4 is 11.9 Å². The van der Waals surface area contributed by atoms with Gasteiger partial charge in [-0.05, 0) is 6.42 Å². The van der Waals surface area contributed by atoms with Gasteiger partial charge in [-0.2, -0.15) is 0 Å². The first-order valence-corrected chi connectivity index (χ1v) is 12.5. The minimum absolute atomic E-state index is 0. The van der Waals surface area contributed by atoms with Crippen molar-refractivity contribution in [1.29, 1.82) is 0 Å². The predicted octanol–water partition coefficient (Wildman–Crippen LogP) is 2.32. The molecular formula is C25H50ClNO5. The van der Waals surface area contributed by atoms with Gasteiger partial charge in [0.1, 0.15) is 6.54 Å². The van der Waals surface area contributed by atoms with E-state index in [0.29, 0.717) is 17.4 Å². The number of hydrogen-bond donors (Lipinski definition) is 2. The van der Waals surface area contributed by atoms with Crippen molar-refractivity contribution in [3.63, 3.8) is 0 Å². The SMILES string of the molecule is CCCCCCCCCCCCCCCC(O)CC(=O)O[C@H](CC(=O)O)C[N+](C)(C)C.[Cl-]. The van der Waals surface area contributed by atoms with Crippen molar-refractivity contribution < 1.29 is 41.4 Å². The molecule has 0 aliphatic rings. The van der Waals surface area contributed by atoms with Crippen LogP contribution in [0, 0.1) is 0 Å². The van der Waals surface area contributed by atoms with Crippen molar-refractivity contribution in [3.05, 3.63) is 0 Å². The van der Waals surface area contributed by atoms with Gasteiger partial charge >= 0.3 is 11.9 Å². The molecule has 0 saturated heterocycles. The lowest BCUT2D eigenvalue weighted by Crippen LogP contribution is -3.00. The number of quaternary nitrogens is 1. The quantitative estimate of drug-likeness (QED) is 0.150. The number of ether oxygens (including phenoxy) is 1. The Balaban J connectivity index is 0. The lowest BCUT2D eigenvalue weighted by atomic mass is 10.0. The third-order valence-electron chi connectivity index (χ3n) is 5.49. The Hall–Kier alpha value is -0.850. The van der Waals surface area contributed by atoms with Crippen molar-refractivity contribution in [2.75, 3.05) is 27.7 Å². The molecule has 0 fully saturated rings. The second kappa shape index (κ2) is 20.7. The van der Waals surface area contributed by atoms with Crippen LogP contribution in [0.4, 0.5) is 0 Å². The van der Waals surface area contributed by atoms with Crippen LogP contribution in [0.2, 0.25) is 0 Å². The van der Waals surface area contributed by atoms with Crippen LogP contribution in [-0.4, -0.2) is 66.5 Å². The highest BCUT2D eigenvalue weighted by Gasteiger charge is 2.25. The van der Waals surface area contributed by atoms with E-state index in [4.69, 9.17) is 9.84 Å². The number of aliphatic carboxylic acids is 1. The van der Waals surface area contributed by atoms with Gasteiger partial charge in [-0.1, -0.05) is 90.4 Å². The zero-order valence-corrected chi connectivity index (χ0v) is 21.9. The number of nitrogens with zero attached hydrogens (tertiary/aromatic N) is 1. The molecule has 0 heterocycles. The zero-order valence-electron chi connectivity index (χ0n) is 21.1. The number of carbonyl (C=O) groups excluding carboxylic acids is 1. The van der Waals surface area contributed by atoms with Gasteiger partial charge in [0.15, 0.2) is 6.10 Å². The molecule has 2 N–H and O–H groups in total. The summed E-state index contributed by atoms with van der Waals surface area (Å²) in [5.74, 6) is -1.50. The molecule has 0 radical (unpaired) electrons. The standard InChI is InChI=1S/C25H49NO5.ClH/c1-5-6-7-8-9-10-11-12-13-14-15-16-17-18-22(27)19-25(30)31-23(20-24(28)29)21-26(2,3)4;/h22-23,27H,5-21H2,1-4H3;1H/t22?,23-;/m1./s1. The lowest BCUT2D eigenvalue weighted by molar-refractivity contribution is -0.873. The van der Waals surface area contributed by atoms with Crippen molar-refractivity contribution in [1.82, 2.24) is 0 Å². The van der Waals surface area contributed by atoms with E-state index < -0.39 is 24.1 Å². The van der Waals surface area contributed by atoms with E-state index in [1.165, 1.54) is 70.6 Å². The molecule has 6 nitrogen and oxygen atoms in total. The summed E-state index contributed by atoms with van der Waals surface area (Å²) in [4.78, 5) is 23.1. The molecule has 7 heteroatoms. The number of hydrogen-bond acceptors (Lipinski definition) is 4. The molecule has 0 aromatic rings. The van der Waals surface area contributed by atoms with Crippen LogP contribution in [0.5, 0.6) is 0 Å². The largest absolute Gasteiger partial charge is 1.00 e. The fourth-order valence-electron chi connectivity index (χ4n) is 3.88. The van der Waals surface area contributed by atoms with Gasteiger partial charge in [-0.25, -0.2) is 0 Å². The molecule has 32 heavy (non-hydrogen) atoms. The van der Waals surface area contributed by atoms with Crippen LogP contribution in [-0.2, 0) is 14.3 Å². The highest BCUT2D eigenvalue weighted by atomic mass is 35.5. The third-order valence-corrected chi connectivity index (χ3v) is 5.49. The summed E-state index contributed by atoms with van der Waals surface area (Å²) in [5.41, 5.74) is 0. The molecule has 0 aromatic heterocycles. The predicted molar refractivity (Wildman–Crippen MR) is 126 cm³/mol. The first-order valence-electron chi connectivity index (χ1n) is 12.5. The molecule has 0 aromatic carbocycles. The second-order valence-corrected chi connectivity index (χ2v) is 10.1. The topological polar surface area (TPSA) is 83.8 Å². The first kappa shape index (κ1) is 33.3. The molecule has 192 valence electrons. The number of carboxylic acids is 1. The third kappa shape index (κ3) is 23.8. The van der Waals surface area contributed by atoms with Crippen LogP contribution in [0.25, 0.3) is 0 Å². The number of unbranched alkanes of at least 4 members (excludes halogenated alkanes) is 12. The minimum atomic E-state index is -0.987. The molecule has 0 bridgehead atoms. The monoisotopic (exact) mass is 479 g/mol. The van der Waals surface area contributed by atoms with Crippen LogP contribution in [0.3, 0.4) is 0 Å². The van der Waals surface area contributed by atoms with Gasteiger partial charge in [-0.3, -0.25) is 9.59 Å². The number of aliphatic hydroxyl groups is 1. The van der Waals surface area contributed by atoms with Crippen LogP contribution in [0.15, 0.2) is 0 Å². The average molecular weight is 480 g/mol. The minimum Gasteiger partial charge on any atom is -1.00 e. The van der Waals surface area contributed by atoms with E-state index in [0.717, 1.165) is 12.8 Å². The fourth-order valence-corrected chi connectivity index (χ4v) is 3.88. The molecule has 0 rings (SSSR count). The smallest absolute Gasteiger partial charge is 0.308 e. The maximum Gasteiger partial charge on any atom is 0.308 e. The van der Waals surface area contributed by atoms with Gasteiger partial charge in [0.25, 0.3) is 0 Å². The number of halogens is 1. The van der Waals surface area contributed by atoms with Crippen molar-refractivity contribution in [2.24, 2.45) is 0 Å². The first-order chi connectivity index (χ1) is 14.6. The van der Waals surface area contributed by atoms with E-state index in [1.54, 1.807) is 0 Å². The van der Waals surface area contributed by atoms with E-state index in [9.17, 15) is 14.7 Å². The molecule has 0 saturated carbocycles. The maximum atomic E-state index is 12.1. The van der Waals surface area contributed by atoms with Gasteiger partial charge < -0.3 is 31.8 Å². The Morgan fingerprint density at radius 3 is 1.62 bits per heavy atom. The average Bonchev–Trinajstić information content (AvgIpc) is 2.63. The number of rotatable bonds is 21. The molecular weight excluding hydrogens is 430 g/mol. The Morgan fingerprint density at radius 1 is 0.781 bits per heavy atom. The molecule has 0 amide bonds. The van der Waals surface area contributed by atoms with Crippen LogP contribution >= 0.6 is 0 Å². The zero-order chi connectivity index (χ0) is 23.5. The summed E-state index contributed by atoms with van der Waals surface area (Å²) < 4.78 is 5.84.